The molecule has 0 atom stereocenters. The Morgan fingerprint density at radius 2 is 1.06 bits per heavy atom. The van der Waals surface area contributed by atoms with Gasteiger partial charge in [-0.3, -0.25) is 0 Å². The molecule has 1 rings (SSSR count). The molecule has 0 amide bonds. The first-order chi connectivity index (χ1) is 7.80. The molecule has 1 aliphatic heterocycles. The molecule has 0 bridgehead atoms. The Bertz CT molecular complexity index is 229. The van der Waals surface area contributed by atoms with Crippen molar-refractivity contribution in [2.45, 2.75) is 90.7 Å². The second kappa shape index (κ2) is 4.93. The van der Waals surface area contributed by atoms with Crippen LogP contribution >= 0.6 is 0 Å². The van der Waals surface area contributed by atoms with Crippen molar-refractivity contribution < 1.29 is 9.31 Å². The van der Waals surface area contributed by atoms with Crippen molar-refractivity contribution in [3.8, 4) is 0 Å². The summed E-state index contributed by atoms with van der Waals surface area (Å²) in [6, 6.07) is 0. The molecule has 2 nitrogen and oxygen atoms in total. The third kappa shape index (κ3) is 2.29. The molecule has 0 aromatic rings. The number of hydrogen-bond donors (Lipinski definition) is 0. The van der Waals surface area contributed by atoms with Crippen molar-refractivity contribution >= 4 is 7.12 Å². The van der Waals surface area contributed by atoms with Crippen molar-refractivity contribution in [2.75, 3.05) is 0 Å². The minimum atomic E-state index is -0.103. The van der Waals surface area contributed by atoms with Gasteiger partial charge in [0, 0.05) is 0 Å². The number of hydrogen-bond acceptors (Lipinski definition) is 2. The molecule has 0 N–H and O–H groups in total. The van der Waals surface area contributed by atoms with Crippen LogP contribution in [0.2, 0.25) is 5.31 Å². The van der Waals surface area contributed by atoms with Crippen LogP contribution in [0.1, 0.15) is 74.1 Å². The topological polar surface area (TPSA) is 18.5 Å². The Labute approximate surface area is 108 Å². The summed E-state index contributed by atoms with van der Waals surface area (Å²) in [6.45, 7) is 15.4. The minimum Gasteiger partial charge on any atom is -0.402 e. The quantitative estimate of drug-likeness (QED) is 0.676. The van der Waals surface area contributed by atoms with E-state index in [9.17, 15) is 0 Å². The Morgan fingerprint density at radius 3 is 1.24 bits per heavy atom. The summed E-state index contributed by atoms with van der Waals surface area (Å²) in [5, 5.41) is 0.0433. The summed E-state index contributed by atoms with van der Waals surface area (Å²) in [6.07, 6.45) is 4.10. The van der Waals surface area contributed by atoms with E-state index in [0.29, 0.717) is 0 Å². The Balaban J connectivity index is 3.10. The molecule has 1 heterocycles. The van der Waals surface area contributed by atoms with Gasteiger partial charge in [-0.15, -0.1) is 0 Å². The van der Waals surface area contributed by atoms with Crippen LogP contribution in [0, 0.1) is 0 Å². The van der Waals surface area contributed by atoms with Crippen LogP contribution in [0.15, 0.2) is 0 Å². The van der Waals surface area contributed by atoms with Gasteiger partial charge in [0.15, 0.2) is 0 Å². The molecular formula is C14H29BO2. The van der Waals surface area contributed by atoms with Crippen LogP contribution in [0.25, 0.3) is 0 Å². The molecule has 0 aliphatic carbocycles. The summed E-state index contributed by atoms with van der Waals surface area (Å²) in [5.74, 6) is 0. The average Bonchev–Trinajstić information content (AvgIpc) is 2.64. The maximum atomic E-state index is 6.39. The van der Waals surface area contributed by atoms with Crippen LogP contribution in [-0.4, -0.2) is 18.3 Å². The van der Waals surface area contributed by atoms with E-state index < -0.39 is 0 Å². The first-order valence-corrected chi connectivity index (χ1v) is 7.16. The van der Waals surface area contributed by atoms with E-state index in [4.69, 9.17) is 9.31 Å². The zero-order chi connectivity index (χ0) is 13.3. The van der Waals surface area contributed by atoms with Gasteiger partial charge in [0.1, 0.15) is 0 Å². The highest BCUT2D eigenvalue weighted by Crippen LogP contribution is 2.51. The van der Waals surface area contributed by atoms with Gasteiger partial charge in [-0.05, 0) is 31.0 Å². The SMILES string of the molecule is CCC1(CC)OB(C(C)(C)C)OC1(CC)CC. The fraction of sp³-hybridized carbons (Fsp3) is 1.00. The molecule has 0 radical (unpaired) electrons. The standard InChI is InChI=1S/C14H29BO2/c1-8-13(9-2)14(10-3,11-4)17-15(16-13)12(5,6)7/h8-11H2,1-7H3. The monoisotopic (exact) mass is 240 g/mol. The predicted molar refractivity (Wildman–Crippen MR) is 74.3 cm³/mol. The third-order valence-corrected chi connectivity index (χ3v) is 4.49. The van der Waals surface area contributed by atoms with Crippen LogP contribution in [-0.2, 0) is 9.31 Å². The van der Waals surface area contributed by atoms with Gasteiger partial charge < -0.3 is 9.31 Å². The normalized spacial score (nSPS) is 23.1. The molecule has 1 fully saturated rings. The second-order valence-electron chi connectivity index (χ2n) is 6.34. The fourth-order valence-electron chi connectivity index (χ4n) is 3.12. The molecule has 100 valence electrons. The lowest BCUT2D eigenvalue weighted by molar-refractivity contribution is -0.0601. The summed E-state index contributed by atoms with van der Waals surface area (Å²) in [5.41, 5.74) is -0.205. The van der Waals surface area contributed by atoms with Gasteiger partial charge in [0.05, 0.1) is 11.2 Å². The average molecular weight is 240 g/mol. The van der Waals surface area contributed by atoms with Crippen LogP contribution in [0.4, 0.5) is 0 Å². The Kier molecular flexibility index (Phi) is 4.36. The summed E-state index contributed by atoms with van der Waals surface area (Å²) < 4.78 is 12.8. The van der Waals surface area contributed by atoms with Crippen LogP contribution < -0.4 is 0 Å². The van der Waals surface area contributed by atoms with Gasteiger partial charge in [-0.2, -0.15) is 0 Å². The maximum absolute atomic E-state index is 6.39. The third-order valence-electron chi connectivity index (χ3n) is 4.49. The molecule has 17 heavy (non-hydrogen) atoms. The molecule has 3 heteroatoms. The van der Waals surface area contributed by atoms with E-state index in [1.54, 1.807) is 0 Å². The minimum absolute atomic E-state index is 0.0433. The molecule has 1 saturated heterocycles. The summed E-state index contributed by atoms with van der Waals surface area (Å²) in [7, 11) is -0.0812. The van der Waals surface area contributed by atoms with Crippen LogP contribution in [0.3, 0.4) is 0 Å². The fourth-order valence-corrected chi connectivity index (χ4v) is 3.12. The second-order valence-corrected chi connectivity index (χ2v) is 6.34. The lowest BCUT2D eigenvalue weighted by atomic mass is 9.61. The highest BCUT2D eigenvalue weighted by atomic mass is 16.7. The van der Waals surface area contributed by atoms with Gasteiger partial charge in [-0.1, -0.05) is 48.5 Å². The molecule has 0 saturated carbocycles. The van der Waals surface area contributed by atoms with E-state index in [1.165, 1.54) is 0 Å². The Morgan fingerprint density at radius 1 is 0.765 bits per heavy atom. The molecule has 0 aromatic heterocycles. The highest BCUT2D eigenvalue weighted by molar-refractivity contribution is 6.49. The van der Waals surface area contributed by atoms with Crippen molar-refractivity contribution in [3.63, 3.8) is 0 Å². The van der Waals surface area contributed by atoms with Gasteiger partial charge in [0.25, 0.3) is 0 Å². The summed E-state index contributed by atoms with van der Waals surface area (Å²) in [4.78, 5) is 0. The van der Waals surface area contributed by atoms with Crippen molar-refractivity contribution in [1.29, 1.82) is 0 Å². The Hall–Kier alpha value is -0.0151. The van der Waals surface area contributed by atoms with E-state index in [-0.39, 0.29) is 23.6 Å². The van der Waals surface area contributed by atoms with Gasteiger partial charge in [0.2, 0.25) is 0 Å². The molecule has 0 spiro atoms. The predicted octanol–water partition coefficient (Wildman–Crippen LogP) is 4.44. The smallest absolute Gasteiger partial charge is 0.402 e. The molecule has 0 aromatic carbocycles. The van der Waals surface area contributed by atoms with E-state index in [1.807, 2.05) is 0 Å². The maximum Gasteiger partial charge on any atom is 0.463 e. The number of rotatable bonds is 4. The zero-order valence-corrected chi connectivity index (χ0v) is 12.7. The van der Waals surface area contributed by atoms with Gasteiger partial charge in [-0.25, -0.2) is 0 Å². The zero-order valence-electron chi connectivity index (χ0n) is 12.7. The highest BCUT2D eigenvalue weighted by Gasteiger charge is 2.60. The van der Waals surface area contributed by atoms with E-state index in [0.717, 1.165) is 25.7 Å². The first kappa shape index (κ1) is 15.0. The van der Waals surface area contributed by atoms with Gasteiger partial charge >= 0.3 is 7.12 Å². The van der Waals surface area contributed by atoms with E-state index in [2.05, 4.69) is 48.5 Å². The van der Waals surface area contributed by atoms with Crippen molar-refractivity contribution in [1.82, 2.24) is 0 Å². The lowest BCUT2D eigenvalue weighted by Crippen LogP contribution is -2.50. The van der Waals surface area contributed by atoms with E-state index >= 15 is 0 Å². The van der Waals surface area contributed by atoms with Crippen molar-refractivity contribution in [2.24, 2.45) is 0 Å². The largest absolute Gasteiger partial charge is 0.463 e. The molecule has 1 aliphatic rings. The first-order valence-electron chi connectivity index (χ1n) is 7.16. The summed E-state index contributed by atoms with van der Waals surface area (Å²) >= 11 is 0. The lowest BCUT2D eigenvalue weighted by Gasteiger charge is -2.42. The molecule has 0 unspecified atom stereocenters. The van der Waals surface area contributed by atoms with Crippen molar-refractivity contribution in [3.05, 3.63) is 0 Å². The van der Waals surface area contributed by atoms with Crippen LogP contribution in [0.5, 0.6) is 0 Å². The molecular weight excluding hydrogens is 211 g/mol.